The molecule has 0 N–H and O–H groups in total. The summed E-state index contributed by atoms with van der Waals surface area (Å²) in [6.07, 6.45) is 2.88. The second-order valence-electron chi connectivity index (χ2n) is 5.21. The lowest BCUT2D eigenvalue weighted by molar-refractivity contribution is -0.134. The predicted octanol–water partition coefficient (Wildman–Crippen LogP) is 2.47. The maximum Gasteiger partial charge on any atom is 0.363 e. The maximum absolute atomic E-state index is 12.0. The zero-order chi connectivity index (χ0) is 18.7. The monoisotopic (exact) mass is 355 g/mol. The van der Waals surface area contributed by atoms with E-state index in [1.807, 2.05) is 0 Å². The third-order valence-corrected chi connectivity index (χ3v) is 3.13. The lowest BCUT2D eigenvalue weighted by Gasteiger charge is -2.09. The molecule has 8 nitrogen and oxygen atoms in total. The smallest absolute Gasteiger partial charge is 0.363 e. The van der Waals surface area contributed by atoms with E-state index in [1.165, 1.54) is 38.3 Å². The Kier molecular flexibility index (Phi) is 4.66. The van der Waals surface area contributed by atoms with Crippen molar-refractivity contribution >= 4 is 29.9 Å². The number of hydrogen-bond acceptors (Lipinski definition) is 8. The van der Waals surface area contributed by atoms with E-state index < -0.39 is 17.9 Å². The molecule has 1 aromatic carbocycles. The number of cyclic esters (lactones) is 1. The second kappa shape index (κ2) is 7.06. The predicted molar refractivity (Wildman–Crippen MR) is 88.4 cm³/mol. The molecule has 3 rings (SSSR count). The van der Waals surface area contributed by atoms with E-state index in [4.69, 9.17) is 18.6 Å². The minimum atomic E-state index is -0.644. The molecule has 0 atom stereocenters. The van der Waals surface area contributed by atoms with Gasteiger partial charge < -0.3 is 18.6 Å². The van der Waals surface area contributed by atoms with Crippen LogP contribution < -0.4 is 9.47 Å². The summed E-state index contributed by atoms with van der Waals surface area (Å²) < 4.78 is 20.2. The average Bonchev–Trinajstić information content (AvgIpc) is 3.19. The van der Waals surface area contributed by atoms with Crippen molar-refractivity contribution in [3.8, 4) is 11.5 Å². The minimum Gasteiger partial charge on any atom is -0.459 e. The normalized spacial score (nSPS) is 14.8. The summed E-state index contributed by atoms with van der Waals surface area (Å²) >= 11 is 0. The van der Waals surface area contributed by atoms with E-state index in [0.717, 1.165) is 0 Å². The van der Waals surface area contributed by atoms with Crippen molar-refractivity contribution in [3.05, 3.63) is 53.6 Å². The maximum atomic E-state index is 12.0. The SMILES string of the molecule is CC(=O)Oc1ccc(/C=C2\N=C(c3ccco3)OC2=O)cc1OC(C)=O. The van der Waals surface area contributed by atoms with Gasteiger partial charge in [-0.3, -0.25) is 9.59 Å². The first kappa shape index (κ1) is 17.2. The van der Waals surface area contributed by atoms with Crippen molar-refractivity contribution in [3.63, 3.8) is 0 Å². The van der Waals surface area contributed by atoms with Crippen molar-refractivity contribution in [2.24, 2.45) is 4.99 Å². The fourth-order valence-corrected chi connectivity index (χ4v) is 2.16. The first-order valence-electron chi connectivity index (χ1n) is 7.49. The van der Waals surface area contributed by atoms with Crippen molar-refractivity contribution in [1.29, 1.82) is 0 Å². The zero-order valence-corrected chi connectivity index (χ0v) is 13.8. The highest BCUT2D eigenvalue weighted by molar-refractivity contribution is 6.11. The molecule has 0 spiro atoms. The van der Waals surface area contributed by atoms with Crippen LogP contribution in [0, 0.1) is 0 Å². The molecule has 1 aromatic heterocycles. The minimum absolute atomic E-state index is 0.0450. The first-order chi connectivity index (χ1) is 12.4. The molecule has 26 heavy (non-hydrogen) atoms. The van der Waals surface area contributed by atoms with Crippen LogP contribution in [0.25, 0.3) is 6.08 Å². The van der Waals surface area contributed by atoms with E-state index in [1.54, 1.807) is 18.2 Å². The average molecular weight is 355 g/mol. The fraction of sp³-hybridized carbons (Fsp3) is 0.111. The number of nitrogens with zero attached hydrogens (tertiary/aromatic N) is 1. The van der Waals surface area contributed by atoms with E-state index in [2.05, 4.69) is 4.99 Å². The molecule has 1 aliphatic rings. The summed E-state index contributed by atoms with van der Waals surface area (Å²) in [7, 11) is 0. The Hall–Kier alpha value is -3.68. The Morgan fingerprint density at radius 2 is 1.81 bits per heavy atom. The summed E-state index contributed by atoms with van der Waals surface area (Å²) in [6, 6.07) is 7.73. The highest BCUT2D eigenvalue weighted by Crippen LogP contribution is 2.30. The van der Waals surface area contributed by atoms with Gasteiger partial charge in [0.1, 0.15) is 0 Å². The van der Waals surface area contributed by atoms with Crippen molar-refractivity contribution in [1.82, 2.24) is 0 Å². The van der Waals surface area contributed by atoms with Crippen LogP contribution in [0.4, 0.5) is 0 Å². The topological polar surface area (TPSA) is 104 Å². The summed E-state index contributed by atoms with van der Waals surface area (Å²) in [5, 5.41) is 0. The molecule has 8 heteroatoms. The number of furan rings is 1. The number of benzene rings is 1. The quantitative estimate of drug-likeness (QED) is 0.471. The Labute approximate surface area is 147 Å². The highest BCUT2D eigenvalue weighted by atomic mass is 16.6. The number of rotatable bonds is 4. The first-order valence-corrected chi connectivity index (χ1v) is 7.49. The van der Waals surface area contributed by atoms with Crippen molar-refractivity contribution in [2.45, 2.75) is 13.8 Å². The Balaban J connectivity index is 1.93. The van der Waals surface area contributed by atoms with Crippen molar-refractivity contribution in [2.75, 3.05) is 0 Å². The van der Waals surface area contributed by atoms with Crippen LogP contribution >= 0.6 is 0 Å². The lowest BCUT2D eigenvalue weighted by Crippen LogP contribution is -2.07. The second-order valence-corrected chi connectivity index (χ2v) is 5.21. The number of carbonyl (C=O) groups excluding carboxylic acids is 3. The molecule has 2 heterocycles. The molecule has 0 radical (unpaired) electrons. The standard InChI is InChI=1S/C18H13NO7/c1-10(20)24-14-6-5-12(9-16(14)25-11(2)21)8-13-18(22)26-17(19-13)15-4-3-7-23-15/h3-9H,1-2H3/b13-8-. The molecular weight excluding hydrogens is 342 g/mol. The summed E-state index contributed by atoms with van der Waals surface area (Å²) in [5.74, 6) is -1.27. The zero-order valence-electron chi connectivity index (χ0n) is 13.8. The van der Waals surface area contributed by atoms with E-state index in [0.29, 0.717) is 11.3 Å². The number of hydrogen-bond donors (Lipinski definition) is 0. The molecule has 0 saturated heterocycles. The van der Waals surface area contributed by atoms with E-state index >= 15 is 0 Å². The molecule has 0 fully saturated rings. The van der Waals surface area contributed by atoms with Gasteiger partial charge in [0, 0.05) is 13.8 Å². The van der Waals surface area contributed by atoms with Crippen LogP contribution in [0.2, 0.25) is 0 Å². The van der Waals surface area contributed by atoms with E-state index in [-0.39, 0.29) is 23.1 Å². The van der Waals surface area contributed by atoms with Gasteiger partial charge >= 0.3 is 17.9 Å². The van der Waals surface area contributed by atoms with Gasteiger partial charge in [-0.15, -0.1) is 0 Å². The summed E-state index contributed by atoms with van der Waals surface area (Å²) in [6.45, 7) is 2.45. The van der Waals surface area contributed by atoms with Crippen LogP contribution in [-0.2, 0) is 19.1 Å². The molecule has 0 amide bonds. The van der Waals surface area contributed by atoms with Crippen LogP contribution in [0.1, 0.15) is 25.2 Å². The number of aliphatic imine (C=N–C) groups is 1. The number of ether oxygens (including phenoxy) is 3. The van der Waals surface area contributed by atoms with Gasteiger partial charge in [0.05, 0.1) is 6.26 Å². The molecule has 0 bridgehead atoms. The van der Waals surface area contributed by atoms with Gasteiger partial charge in [0.25, 0.3) is 5.90 Å². The largest absolute Gasteiger partial charge is 0.459 e. The van der Waals surface area contributed by atoms with Crippen LogP contribution in [-0.4, -0.2) is 23.8 Å². The molecule has 2 aromatic rings. The third-order valence-electron chi connectivity index (χ3n) is 3.13. The van der Waals surface area contributed by atoms with Gasteiger partial charge in [0.15, 0.2) is 23.0 Å². The Morgan fingerprint density at radius 1 is 1.08 bits per heavy atom. The molecule has 0 unspecified atom stereocenters. The fourth-order valence-electron chi connectivity index (χ4n) is 2.16. The molecule has 0 saturated carbocycles. The summed E-state index contributed by atoms with van der Waals surface area (Å²) in [5.41, 5.74) is 0.541. The van der Waals surface area contributed by atoms with Gasteiger partial charge in [-0.05, 0) is 35.9 Å². The van der Waals surface area contributed by atoms with Gasteiger partial charge in [-0.1, -0.05) is 6.07 Å². The highest BCUT2D eigenvalue weighted by Gasteiger charge is 2.26. The van der Waals surface area contributed by atoms with Crippen molar-refractivity contribution < 1.29 is 33.0 Å². The Bertz CT molecular complexity index is 938. The van der Waals surface area contributed by atoms with Crippen LogP contribution in [0.3, 0.4) is 0 Å². The van der Waals surface area contributed by atoms with Gasteiger partial charge in [-0.25, -0.2) is 9.79 Å². The molecule has 1 aliphatic heterocycles. The lowest BCUT2D eigenvalue weighted by atomic mass is 10.1. The van der Waals surface area contributed by atoms with Gasteiger partial charge in [0.2, 0.25) is 0 Å². The number of carbonyl (C=O) groups is 3. The number of esters is 3. The van der Waals surface area contributed by atoms with E-state index in [9.17, 15) is 14.4 Å². The molecule has 0 aliphatic carbocycles. The molecule has 132 valence electrons. The van der Waals surface area contributed by atoms with Crippen LogP contribution in [0.5, 0.6) is 11.5 Å². The third kappa shape index (κ3) is 3.86. The van der Waals surface area contributed by atoms with Crippen LogP contribution in [0.15, 0.2) is 51.7 Å². The van der Waals surface area contributed by atoms with Gasteiger partial charge in [-0.2, -0.15) is 0 Å². The molecular formula is C18H13NO7. The Morgan fingerprint density at radius 3 is 2.46 bits per heavy atom. The summed E-state index contributed by atoms with van der Waals surface area (Å²) in [4.78, 5) is 38.4.